The van der Waals surface area contributed by atoms with E-state index in [1.807, 2.05) is 0 Å². The molecule has 2 rings (SSSR count). The molecule has 9 nitrogen and oxygen atoms in total. The van der Waals surface area contributed by atoms with Crippen molar-refractivity contribution in [3.63, 3.8) is 0 Å². The van der Waals surface area contributed by atoms with Crippen molar-refractivity contribution in [2.75, 3.05) is 7.05 Å². The molecule has 0 aromatic carbocycles. The van der Waals surface area contributed by atoms with E-state index in [1.54, 1.807) is 6.07 Å². The van der Waals surface area contributed by atoms with Crippen LogP contribution in [0.15, 0.2) is 21.5 Å². The summed E-state index contributed by atoms with van der Waals surface area (Å²) in [5, 5.41) is 19.2. The zero-order valence-corrected chi connectivity index (χ0v) is 14.6. The number of hydrogen-bond donors (Lipinski definition) is 2. The summed E-state index contributed by atoms with van der Waals surface area (Å²) in [5.41, 5.74) is 4.24. The number of pyridine rings is 1. The number of aromatic hydroxyl groups is 1. The van der Waals surface area contributed by atoms with Gasteiger partial charge in [-0.15, -0.1) is 0 Å². The van der Waals surface area contributed by atoms with E-state index >= 15 is 0 Å². The van der Waals surface area contributed by atoms with Gasteiger partial charge in [0.15, 0.2) is 0 Å². The molecule has 0 bridgehead atoms. The van der Waals surface area contributed by atoms with Crippen LogP contribution in [0.1, 0.15) is 28.4 Å². The van der Waals surface area contributed by atoms with Gasteiger partial charge < -0.3 is 10.8 Å². The maximum Gasteiger partial charge on any atom is 0.271 e. The maximum atomic E-state index is 12.5. The molecule has 0 saturated heterocycles. The molecule has 26 heavy (non-hydrogen) atoms. The van der Waals surface area contributed by atoms with Crippen LogP contribution in [-0.2, 0) is 16.6 Å². The van der Waals surface area contributed by atoms with Crippen LogP contribution in [0, 0.1) is 18.3 Å². The number of imide groups is 1. The van der Waals surface area contributed by atoms with Crippen LogP contribution >= 0.6 is 0 Å². The first-order valence-corrected chi connectivity index (χ1v) is 7.42. The third kappa shape index (κ3) is 2.57. The van der Waals surface area contributed by atoms with Crippen LogP contribution in [0.5, 0.6) is 5.88 Å². The summed E-state index contributed by atoms with van der Waals surface area (Å²) in [6.45, 7) is 2.82. The first-order chi connectivity index (χ1) is 12.0. The summed E-state index contributed by atoms with van der Waals surface area (Å²) in [4.78, 5) is 49.3. The van der Waals surface area contributed by atoms with Crippen molar-refractivity contribution in [2.45, 2.75) is 13.8 Å². The molecule has 3 N–H and O–H groups in total. The number of aromatic nitrogens is 1. The minimum atomic E-state index is -0.942. The predicted molar refractivity (Wildman–Crippen MR) is 90.7 cm³/mol. The normalized spacial score (nSPS) is 16.3. The number of carbonyl (C=O) groups is 3. The highest BCUT2D eigenvalue weighted by molar-refractivity contribution is 6.19. The second-order valence-corrected chi connectivity index (χ2v) is 5.80. The molecule has 1 aromatic heterocycles. The summed E-state index contributed by atoms with van der Waals surface area (Å²) in [6, 6.07) is 1.75. The molecule has 0 unspecified atom stereocenters. The van der Waals surface area contributed by atoms with E-state index in [0.717, 1.165) is 9.47 Å². The van der Waals surface area contributed by atoms with E-state index in [4.69, 9.17) is 5.73 Å². The summed E-state index contributed by atoms with van der Waals surface area (Å²) in [6.07, 6.45) is 1.20. The van der Waals surface area contributed by atoms with Crippen molar-refractivity contribution >= 4 is 23.8 Å². The third-order valence-corrected chi connectivity index (χ3v) is 4.33. The van der Waals surface area contributed by atoms with Gasteiger partial charge in [0.2, 0.25) is 5.88 Å². The SMILES string of the molecule is CC1=C(C#N)C(=O)N(C)C(=O)/C1=C\c1c(C)c(C(N)=O)c(O)n(C)c1=O. The molecule has 0 fully saturated rings. The predicted octanol–water partition coefficient (Wildman–Crippen LogP) is -0.280. The van der Waals surface area contributed by atoms with Crippen molar-refractivity contribution in [1.82, 2.24) is 9.47 Å². The average molecular weight is 356 g/mol. The molecule has 0 spiro atoms. The van der Waals surface area contributed by atoms with Crippen LogP contribution < -0.4 is 11.3 Å². The first kappa shape index (κ1) is 18.7. The van der Waals surface area contributed by atoms with E-state index in [0.29, 0.717) is 0 Å². The van der Waals surface area contributed by atoms with Gasteiger partial charge in [-0.3, -0.25) is 28.6 Å². The Morgan fingerprint density at radius 1 is 1.19 bits per heavy atom. The quantitative estimate of drug-likeness (QED) is 0.550. The molecule has 0 saturated carbocycles. The number of likely N-dealkylation sites (N-methyl/N-ethyl adjacent to an activating group) is 1. The highest BCUT2D eigenvalue weighted by Crippen LogP contribution is 2.28. The summed E-state index contributed by atoms with van der Waals surface area (Å²) in [7, 11) is 2.46. The Balaban J connectivity index is 2.90. The van der Waals surface area contributed by atoms with Crippen molar-refractivity contribution < 1.29 is 19.5 Å². The Morgan fingerprint density at radius 2 is 1.77 bits per heavy atom. The highest BCUT2D eigenvalue weighted by atomic mass is 16.3. The smallest absolute Gasteiger partial charge is 0.271 e. The number of hydrogen-bond acceptors (Lipinski definition) is 6. The lowest BCUT2D eigenvalue weighted by Gasteiger charge is -2.24. The lowest BCUT2D eigenvalue weighted by Crippen LogP contribution is -2.39. The molecule has 1 aliphatic rings. The molecular weight excluding hydrogens is 340 g/mol. The Labute approximate surface area is 148 Å². The van der Waals surface area contributed by atoms with Crippen LogP contribution in [0.3, 0.4) is 0 Å². The van der Waals surface area contributed by atoms with Crippen LogP contribution in [-0.4, -0.2) is 39.3 Å². The van der Waals surface area contributed by atoms with Crippen molar-refractivity contribution in [3.05, 3.63) is 43.8 Å². The van der Waals surface area contributed by atoms with Gasteiger partial charge in [-0.25, -0.2) is 0 Å². The van der Waals surface area contributed by atoms with Gasteiger partial charge in [0.25, 0.3) is 23.3 Å². The average Bonchev–Trinajstić information content (AvgIpc) is 2.58. The third-order valence-electron chi connectivity index (χ3n) is 4.33. The summed E-state index contributed by atoms with van der Waals surface area (Å²) < 4.78 is 0.825. The van der Waals surface area contributed by atoms with Gasteiger partial charge in [-0.2, -0.15) is 5.26 Å². The molecule has 0 radical (unpaired) electrons. The number of rotatable bonds is 2. The number of primary amides is 1. The van der Waals surface area contributed by atoms with Gasteiger partial charge >= 0.3 is 0 Å². The standard InChI is InChI=1S/C17H16N4O5/c1-7-9(14(23)20(3)16(25)11(7)6-18)5-10-8(2)12(13(19)22)17(26)21(4)15(10)24/h5,26H,1-4H3,(H2,19,22)/b9-5-. The maximum absolute atomic E-state index is 12.5. The number of carbonyl (C=O) groups excluding carboxylic acids is 3. The Hall–Kier alpha value is -3.67. The molecule has 0 aliphatic carbocycles. The molecule has 1 aromatic rings. The summed E-state index contributed by atoms with van der Waals surface area (Å²) >= 11 is 0. The van der Waals surface area contributed by atoms with Gasteiger partial charge in [-0.05, 0) is 31.1 Å². The highest BCUT2D eigenvalue weighted by Gasteiger charge is 2.33. The molecule has 0 atom stereocenters. The van der Waals surface area contributed by atoms with Crippen molar-refractivity contribution in [3.8, 4) is 11.9 Å². The molecule has 1 aliphatic heterocycles. The van der Waals surface area contributed by atoms with E-state index in [9.17, 15) is 29.5 Å². The molecular formula is C17H16N4O5. The largest absolute Gasteiger partial charge is 0.494 e. The van der Waals surface area contributed by atoms with E-state index in [2.05, 4.69) is 0 Å². The molecule has 3 amide bonds. The minimum absolute atomic E-state index is 0.0371. The molecule has 134 valence electrons. The lowest BCUT2D eigenvalue weighted by atomic mass is 9.92. The fourth-order valence-corrected chi connectivity index (χ4v) is 2.71. The fourth-order valence-electron chi connectivity index (χ4n) is 2.71. The van der Waals surface area contributed by atoms with Crippen LogP contribution in [0.2, 0.25) is 0 Å². The van der Waals surface area contributed by atoms with Gasteiger partial charge in [-0.1, -0.05) is 0 Å². The number of nitriles is 1. The fraction of sp³-hybridized carbons (Fsp3) is 0.235. The number of nitrogens with zero attached hydrogens (tertiary/aromatic N) is 3. The van der Waals surface area contributed by atoms with Crippen LogP contribution in [0.25, 0.3) is 6.08 Å². The first-order valence-electron chi connectivity index (χ1n) is 7.42. The van der Waals surface area contributed by atoms with E-state index in [-0.39, 0.29) is 33.4 Å². The summed E-state index contributed by atoms with van der Waals surface area (Å²) in [5.74, 6) is -2.96. The Kier molecular flexibility index (Phi) is 4.54. The molecule has 9 heteroatoms. The second kappa shape index (κ2) is 6.33. The number of nitrogens with two attached hydrogens (primary N) is 1. The molecule has 2 heterocycles. The minimum Gasteiger partial charge on any atom is -0.494 e. The number of amides is 3. The zero-order valence-electron chi connectivity index (χ0n) is 14.6. The Bertz CT molecular complexity index is 1040. The van der Waals surface area contributed by atoms with Crippen LogP contribution in [0.4, 0.5) is 0 Å². The monoisotopic (exact) mass is 356 g/mol. The van der Waals surface area contributed by atoms with Gasteiger partial charge in [0.05, 0.1) is 0 Å². The van der Waals surface area contributed by atoms with Gasteiger partial charge in [0.1, 0.15) is 17.2 Å². The van der Waals surface area contributed by atoms with Crippen molar-refractivity contribution in [1.29, 1.82) is 5.26 Å². The van der Waals surface area contributed by atoms with Gasteiger partial charge in [0, 0.05) is 25.2 Å². The van der Waals surface area contributed by atoms with E-state index < -0.39 is 29.2 Å². The topological polar surface area (TPSA) is 146 Å². The Morgan fingerprint density at radius 3 is 2.27 bits per heavy atom. The van der Waals surface area contributed by atoms with Crippen molar-refractivity contribution in [2.24, 2.45) is 12.8 Å². The zero-order chi connectivity index (χ0) is 19.9. The second-order valence-electron chi connectivity index (χ2n) is 5.80. The van der Waals surface area contributed by atoms with E-state index in [1.165, 1.54) is 34.0 Å². The lowest BCUT2D eigenvalue weighted by molar-refractivity contribution is -0.138.